The van der Waals surface area contributed by atoms with Crippen molar-refractivity contribution >= 4 is 34.8 Å². The Labute approximate surface area is 161 Å². The number of Topliss-reactive ketones (excluding diaryl/α,β-unsaturated/α-hetero) is 1. The van der Waals surface area contributed by atoms with Crippen molar-refractivity contribution < 1.29 is 29.0 Å². The molecule has 28 heavy (non-hydrogen) atoms. The van der Waals surface area contributed by atoms with Crippen molar-refractivity contribution in [3.63, 3.8) is 0 Å². The van der Waals surface area contributed by atoms with Crippen LogP contribution in [0.5, 0.6) is 0 Å². The smallest absolute Gasteiger partial charge is 0.326 e. The van der Waals surface area contributed by atoms with Gasteiger partial charge >= 0.3 is 12.2 Å². The third-order valence-electron chi connectivity index (χ3n) is 4.49. The molecule has 0 aliphatic rings. The lowest BCUT2D eigenvalue weighted by Crippen LogP contribution is -2.46. The Morgan fingerprint density at radius 1 is 1.39 bits per heavy atom. The molecule has 2 unspecified atom stereocenters. The van der Waals surface area contributed by atoms with Crippen LogP contribution in [0, 0.1) is 6.92 Å². The average molecular weight is 386 g/mol. The number of hydrogen-bond acceptors (Lipinski definition) is 4. The summed E-state index contributed by atoms with van der Waals surface area (Å²) < 4.78 is 5.27. The number of amides is 1. The van der Waals surface area contributed by atoms with E-state index >= 15 is 0 Å². The lowest BCUT2D eigenvalue weighted by molar-refractivity contribution is -0.144. The van der Waals surface area contributed by atoms with Crippen LogP contribution in [0.15, 0.2) is 24.4 Å². The molecule has 1 amide bonds. The monoisotopic (exact) mass is 386 g/mol. The number of H-pyrrole nitrogens is 1. The number of carboxylic acid groups (broad SMARTS) is 1. The highest BCUT2D eigenvalue weighted by atomic mass is 16.5. The third kappa shape index (κ3) is 5.12. The van der Waals surface area contributed by atoms with Crippen LogP contribution in [0.4, 0.5) is 0 Å². The van der Waals surface area contributed by atoms with Crippen LogP contribution in [0.25, 0.3) is 16.4 Å². The van der Waals surface area contributed by atoms with E-state index < -0.39 is 29.8 Å². The minimum atomic E-state index is -1.26. The standard InChI is InChI=1S/C19H22N4O5/c1-11-4-3-5-14-12(9-21-17(11)14)8-16(28-2)18(25)23-15(19(26)27)7-6-13(24)10-22-20/h3-5,9-10,15-16,21H,6-8H2,1-2H3,(H,23,25)(H,26,27). The number of nitrogens with one attached hydrogen (secondary N) is 2. The zero-order valence-corrected chi connectivity index (χ0v) is 15.6. The Morgan fingerprint density at radius 2 is 2.14 bits per heavy atom. The summed E-state index contributed by atoms with van der Waals surface area (Å²) in [5, 5.41) is 12.7. The number of carbonyl (C=O) groups excluding carboxylic acids is 2. The predicted octanol–water partition coefficient (Wildman–Crippen LogP) is 1.25. The number of nitrogens with zero attached hydrogens (tertiary/aromatic N) is 2. The minimum absolute atomic E-state index is 0.130. The number of hydrogen-bond donors (Lipinski definition) is 3. The number of para-hydroxylation sites is 1. The number of methoxy groups -OCH3 is 1. The molecule has 0 aliphatic heterocycles. The zero-order chi connectivity index (χ0) is 20.7. The van der Waals surface area contributed by atoms with Crippen LogP contribution in [0.1, 0.15) is 24.0 Å². The molecular formula is C19H22N4O5. The number of aromatic amines is 1. The van der Waals surface area contributed by atoms with Crippen molar-refractivity contribution in [2.45, 2.75) is 38.3 Å². The fourth-order valence-electron chi connectivity index (χ4n) is 2.95. The number of carbonyl (C=O) groups is 3. The van der Waals surface area contributed by atoms with Gasteiger partial charge in [-0.05, 0) is 24.5 Å². The highest BCUT2D eigenvalue weighted by molar-refractivity contribution is 6.25. The van der Waals surface area contributed by atoms with Gasteiger partial charge < -0.3 is 25.7 Å². The van der Waals surface area contributed by atoms with E-state index in [4.69, 9.17) is 10.3 Å². The number of ether oxygens (including phenoxy) is 1. The van der Waals surface area contributed by atoms with Crippen molar-refractivity contribution in [3.05, 3.63) is 41.1 Å². The Hall–Kier alpha value is -3.29. The van der Waals surface area contributed by atoms with Gasteiger partial charge in [0.15, 0.2) is 0 Å². The number of benzene rings is 1. The van der Waals surface area contributed by atoms with Crippen molar-refractivity contribution in [2.24, 2.45) is 0 Å². The van der Waals surface area contributed by atoms with Crippen LogP contribution in [-0.2, 0) is 25.5 Å². The molecule has 9 heteroatoms. The maximum Gasteiger partial charge on any atom is 0.326 e. The summed E-state index contributed by atoms with van der Waals surface area (Å²) in [5.41, 5.74) is 11.2. The van der Waals surface area contributed by atoms with Crippen LogP contribution in [0.3, 0.4) is 0 Å². The molecule has 0 fully saturated rings. The molecule has 148 valence electrons. The second-order valence-corrected chi connectivity index (χ2v) is 6.39. The molecule has 2 aromatic rings. The number of carboxylic acids is 1. The summed E-state index contributed by atoms with van der Waals surface area (Å²) >= 11 is 0. The van der Waals surface area contributed by atoms with Gasteiger partial charge in [-0.2, -0.15) is 4.79 Å². The summed E-state index contributed by atoms with van der Waals surface area (Å²) in [4.78, 5) is 41.1. The molecule has 0 saturated carbocycles. The molecule has 2 rings (SSSR count). The quantitative estimate of drug-likeness (QED) is 0.320. The van der Waals surface area contributed by atoms with Crippen LogP contribution >= 0.6 is 0 Å². The summed E-state index contributed by atoms with van der Waals surface area (Å²) in [6.07, 6.45) is 1.55. The van der Waals surface area contributed by atoms with Gasteiger partial charge in [0, 0.05) is 37.1 Å². The minimum Gasteiger partial charge on any atom is -0.480 e. The molecule has 0 spiro atoms. The first-order valence-electron chi connectivity index (χ1n) is 8.69. The Balaban J connectivity index is 2.08. The first kappa shape index (κ1) is 21.0. The van der Waals surface area contributed by atoms with E-state index in [1.54, 1.807) is 6.20 Å². The number of fused-ring (bicyclic) bond motifs is 1. The molecule has 1 aromatic heterocycles. The number of ketones is 1. The van der Waals surface area contributed by atoms with Crippen molar-refractivity contribution in [2.75, 3.05) is 7.11 Å². The molecular weight excluding hydrogens is 364 g/mol. The molecule has 0 saturated heterocycles. The van der Waals surface area contributed by atoms with E-state index in [0.29, 0.717) is 6.21 Å². The predicted molar refractivity (Wildman–Crippen MR) is 101 cm³/mol. The Morgan fingerprint density at radius 3 is 2.79 bits per heavy atom. The lowest BCUT2D eigenvalue weighted by Gasteiger charge is -2.19. The SMILES string of the molecule is COC(Cc1c[nH]c2c(C)cccc12)C(=O)NC(CCC(=O)C=[N+]=[N-])C(=O)O. The fraction of sp³-hybridized carbons (Fsp3) is 0.368. The molecule has 0 bridgehead atoms. The van der Waals surface area contributed by atoms with Crippen molar-refractivity contribution in [1.29, 1.82) is 0 Å². The molecule has 0 aliphatic carbocycles. The topological polar surface area (TPSA) is 145 Å². The van der Waals surface area contributed by atoms with E-state index in [2.05, 4.69) is 15.1 Å². The first-order valence-corrected chi connectivity index (χ1v) is 8.69. The molecule has 9 nitrogen and oxygen atoms in total. The van der Waals surface area contributed by atoms with E-state index in [9.17, 15) is 19.5 Å². The Kier molecular flexibility index (Phi) is 7.20. The van der Waals surface area contributed by atoms with E-state index in [-0.39, 0.29) is 19.3 Å². The van der Waals surface area contributed by atoms with Gasteiger partial charge in [-0.3, -0.25) is 9.59 Å². The number of aliphatic carboxylic acids is 1. The van der Waals surface area contributed by atoms with Gasteiger partial charge in [0.2, 0.25) is 11.7 Å². The van der Waals surface area contributed by atoms with Gasteiger partial charge in [-0.15, -0.1) is 0 Å². The van der Waals surface area contributed by atoms with Gasteiger partial charge in [-0.1, -0.05) is 18.2 Å². The highest BCUT2D eigenvalue weighted by Crippen LogP contribution is 2.22. The van der Waals surface area contributed by atoms with Crippen LogP contribution in [-0.4, -0.2) is 58.0 Å². The molecule has 1 heterocycles. The average Bonchev–Trinajstić information content (AvgIpc) is 3.07. The second-order valence-electron chi connectivity index (χ2n) is 6.39. The van der Waals surface area contributed by atoms with Crippen LogP contribution < -0.4 is 5.32 Å². The van der Waals surface area contributed by atoms with E-state index in [1.165, 1.54) is 7.11 Å². The highest BCUT2D eigenvalue weighted by Gasteiger charge is 2.26. The van der Waals surface area contributed by atoms with Gasteiger partial charge in [0.1, 0.15) is 12.1 Å². The molecule has 2 atom stereocenters. The second kappa shape index (κ2) is 9.59. The number of rotatable bonds is 10. The maximum absolute atomic E-state index is 12.5. The van der Waals surface area contributed by atoms with Crippen molar-refractivity contribution in [1.82, 2.24) is 10.3 Å². The third-order valence-corrected chi connectivity index (χ3v) is 4.49. The summed E-state index contributed by atoms with van der Waals surface area (Å²) in [7, 11) is 1.38. The van der Waals surface area contributed by atoms with E-state index in [0.717, 1.165) is 22.0 Å². The summed E-state index contributed by atoms with van der Waals surface area (Å²) in [6.45, 7) is 1.98. The number of aryl methyl sites for hydroxylation is 1. The van der Waals surface area contributed by atoms with Gasteiger partial charge in [0.05, 0.1) is 0 Å². The normalized spacial score (nSPS) is 12.8. The molecule has 1 aromatic carbocycles. The maximum atomic E-state index is 12.5. The van der Waals surface area contributed by atoms with E-state index in [1.807, 2.05) is 25.1 Å². The summed E-state index contributed by atoms with van der Waals surface area (Å²) in [5.74, 6) is -2.39. The van der Waals surface area contributed by atoms with Crippen molar-refractivity contribution in [3.8, 4) is 0 Å². The van der Waals surface area contributed by atoms with Gasteiger partial charge in [-0.25, -0.2) is 4.79 Å². The Bertz CT molecular complexity index is 930. The fourth-order valence-corrected chi connectivity index (χ4v) is 2.95. The molecule has 3 N–H and O–H groups in total. The number of aromatic nitrogens is 1. The first-order chi connectivity index (χ1) is 13.4. The largest absolute Gasteiger partial charge is 0.480 e. The lowest BCUT2D eigenvalue weighted by atomic mass is 10.0. The van der Waals surface area contributed by atoms with Gasteiger partial charge in [0.25, 0.3) is 0 Å². The molecule has 0 radical (unpaired) electrons. The summed E-state index contributed by atoms with van der Waals surface area (Å²) in [6, 6.07) is 4.58. The van der Waals surface area contributed by atoms with Crippen LogP contribution in [0.2, 0.25) is 0 Å². The zero-order valence-electron chi connectivity index (χ0n) is 15.6.